The van der Waals surface area contributed by atoms with Gasteiger partial charge in [0.2, 0.25) is 6.29 Å². The number of carboxylic acid groups (broad SMARTS) is 1. The van der Waals surface area contributed by atoms with Crippen LogP contribution in [0.5, 0.6) is 0 Å². The van der Waals surface area contributed by atoms with Gasteiger partial charge in [-0.05, 0) is 53.6 Å². The molecule has 3 aromatic carbocycles. The SMILES string of the molecule is COC(OC)c1c(CCC(C)C)n(Cc2ccc(-c3ccccc3C(=O)O)cc2)c(=O)n1-c1ccccc1. The van der Waals surface area contributed by atoms with Crippen LogP contribution in [0.3, 0.4) is 0 Å². The van der Waals surface area contributed by atoms with E-state index in [1.807, 2.05) is 60.7 Å². The largest absolute Gasteiger partial charge is 0.478 e. The number of hydrogen-bond acceptors (Lipinski definition) is 4. The van der Waals surface area contributed by atoms with E-state index in [0.717, 1.165) is 28.9 Å². The van der Waals surface area contributed by atoms with E-state index in [1.54, 1.807) is 41.6 Å². The van der Waals surface area contributed by atoms with Crippen LogP contribution in [0.1, 0.15) is 53.9 Å². The van der Waals surface area contributed by atoms with Gasteiger partial charge in [0.25, 0.3) is 0 Å². The zero-order valence-corrected chi connectivity index (χ0v) is 22.3. The van der Waals surface area contributed by atoms with Crippen LogP contribution in [0.15, 0.2) is 83.7 Å². The molecule has 0 bridgehead atoms. The van der Waals surface area contributed by atoms with E-state index in [-0.39, 0.29) is 11.3 Å². The maximum atomic E-state index is 14.0. The molecule has 0 aliphatic carbocycles. The Morgan fingerprint density at radius 2 is 1.53 bits per heavy atom. The van der Waals surface area contributed by atoms with Gasteiger partial charge in [-0.1, -0.05) is 74.5 Å². The van der Waals surface area contributed by atoms with Crippen molar-refractivity contribution in [1.29, 1.82) is 0 Å². The lowest BCUT2D eigenvalue weighted by Crippen LogP contribution is -2.25. The number of benzene rings is 3. The van der Waals surface area contributed by atoms with Gasteiger partial charge in [-0.3, -0.25) is 9.13 Å². The number of carbonyl (C=O) groups is 1. The third-order valence-electron chi connectivity index (χ3n) is 6.67. The first kappa shape index (κ1) is 27.1. The van der Waals surface area contributed by atoms with Gasteiger partial charge in [0.15, 0.2) is 0 Å². The topological polar surface area (TPSA) is 82.7 Å². The normalized spacial score (nSPS) is 11.4. The lowest BCUT2D eigenvalue weighted by Gasteiger charge is -2.18. The molecule has 0 amide bonds. The smallest absolute Gasteiger partial charge is 0.336 e. The number of hydrogen-bond donors (Lipinski definition) is 1. The third-order valence-corrected chi connectivity index (χ3v) is 6.67. The second-order valence-electron chi connectivity index (χ2n) is 9.66. The van der Waals surface area contributed by atoms with Crippen LogP contribution in [-0.4, -0.2) is 34.4 Å². The van der Waals surface area contributed by atoms with E-state index in [4.69, 9.17) is 9.47 Å². The summed E-state index contributed by atoms with van der Waals surface area (Å²) in [5, 5.41) is 9.57. The van der Waals surface area contributed by atoms with E-state index in [1.165, 1.54) is 0 Å². The minimum absolute atomic E-state index is 0.163. The number of ether oxygens (including phenoxy) is 2. The summed E-state index contributed by atoms with van der Waals surface area (Å²) < 4.78 is 14.8. The van der Waals surface area contributed by atoms with Gasteiger partial charge < -0.3 is 14.6 Å². The van der Waals surface area contributed by atoms with Crippen molar-refractivity contribution in [2.75, 3.05) is 14.2 Å². The highest BCUT2D eigenvalue weighted by molar-refractivity contribution is 5.95. The predicted octanol–water partition coefficient (Wildman–Crippen LogP) is 5.93. The van der Waals surface area contributed by atoms with E-state index in [0.29, 0.717) is 30.1 Å². The summed E-state index contributed by atoms with van der Waals surface area (Å²) in [6, 6.07) is 24.1. The molecule has 4 rings (SSSR count). The number of imidazole rings is 1. The Hall–Kier alpha value is -3.94. The standard InChI is InChI=1S/C31H34N2O5/c1-21(2)14-19-27-28(30(37-3)38-4)33(24-10-6-5-7-11-24)31(36)32(27)20-22-15-17-23(18-16-22)25-12-8-9-13-26(25)29(34)35/h5-13,15-18,21,30H,14,19-20H2,1-4H3,(H,34,35). The van der Waals surface area contributed by atoms with E-state index >= 15 is 0 Å². The molecule has 1 N–H and O–H groups in total. The van der Waals surface area contributed by atoms with Crippen LogP contribution in [0, 0.1) is 5.92 Å². The molecule has 0 radical (unpaired) electrons. The van der Waals surface area contributed by atoms with Crippen molar-refractivity contribution in [2.24, 2.45) is 5.92 Å². The summed E-state index contributed by atoms with van der Waals surface area (Å²) in [6.07, 6.45) is 0.882. The molecule has 38 heavy (non-hydrogen) atoms. The second kappa shape index (κ2) is 12.1. The van der Waals surface area contributed by atoms with Crippen molar-refractivity contribution < 1.29 is 19.4 Å². The van der Waals surface area contributed by atoms with E-state index in [2.05, 4.69) is 13.8 Å². The van der Waals surface area contributed by atoms with Crippen molar-refractivity contribution in [3.63, 3.8) is 0 Å². The minimum atomic E-state index is -0.966. The molecule has 0 aliphatic rings. The van der Waals surface area contributed by atoms with E-state index < -0.39 is 12.3 Å². The highest BCUT2D eigenvalue weighted by Crippen LogP contribution is 2.28. The number of rotatable bonds is 11. The molecule has 0 saturated heterocycles. The monoisotopic (exact) mass is 514 g/mol. The van der Waals surface area contributed by atoms with Gasteiger partial charge in [-0.25, -0.2) is 9.59 Å². The van der Waals surface area contributed by atoms with E-state index in [9.17, 15) is 14.7 Å². The fourth-order valence-electron chi connectivity index (χ4n) is 4.74. The van der Waals surface area contributed by atoms with Gasteiger partial charge in [-0.2, -0.15) is 0 Å². The number of nitrogens with zero attached hydrogens (tertiary/aromatic N) is 2. The molecule has 0 fully saturated rings. The summed E-state index contributed by atoms with van der Waals surface area (Å²) in [4.78, 5) is 25.6. The average molecular weight is 515 g/mol. The summed E-state index contributed by atoms with van der Waals surface area (Å²) in [7, 11) is 3.15. The zero-order valence-electron chi connectivity index (χ0n) is 22.3. The zero-order chi connectivity index (χ0) is 27.2. The van der Waals surface area contributed by atoms with Crippen molar-refractivity contribution in [2.45, 2.75) is 39.5 Å². The van der Waals surface area contributed by atoms with Crippen molar-refractivity contribution in [3.05, 3.63) is 112 Å². The van der Waals surface area contributed by atoms with Crippen molar-refractivity contribution in [1.82, 2.24) is 9.13 Å². The first-order chi connectivity index (χ1) is 18.3. The Kier molecular flexibility index (Phi) is 8.61. The molecule has 0 atom stereocenters. The molecule has 7 heteroatoms. The van der Waals surface area contributed by atoms with Gasteiger partial charge in [0.1, 0.15) is 5.69 Å². The fraction of sp³-hybridized carbons (Fsp3) is 0.290. The Morgan fingerprint density at radius 3 is 2.13 bits per heavy atom. The summed E-state index contributed by atoms with van der Waals surface area (Å²) in [5.74, 6) is -0.518. The Bertz CT molecular complexity index is 1430. The first-order valence-corrected chi connectivity index (χ1v) is 12.7. The first-order valence-electron chi connectivity index (χ1n) is 12.7. The molecule has 198 valence electrons. The lowest BCUT2D eigenvalue weighted by atomic mass is 9.98. The van der Waals surface area contributed by atoms with Crippen molar-refractivity contribution in [3.8, 4) is 16.8 Å². The Balaban J connectivity index is 1.81. The van der Waals surface area contributed by atoms with Gasteiger partial charge in [0, 0.05) is 19.9 Å². The van der Waals surface area contributed by atoms with Crippen LogP contribution >= 0.6 is 0 Å². The molecule has 1 heterocycles. The molecular weight excluding hydrogens is 480 g/mol. The van der Waals surface area contributed by atoms with Crippen LogP contribution in [0.2, 0.25) is 0 Å². The van der Waals surface area contributed by atoms with Crippen LogP contribution in [-0.2, 0) is 22.4 Å². The fourth-order valence-corrected chi connectivity index (χ4v) is 4.74. The quantitative estimate of drug-likeness (QED) is 0.251. The molecule has 1 aromatic heterocycles. The number of aromatic nitrogens is 2. The summed E-state index contributed by atoms with van der Waals surface area (Å²) >= 11 is 0. The number of para-hydroxylation sites is 1. The van der Waals surface area contributed by atoms with Gasteiger partial charge in [0.05, 0.1) is 17.8 Å². The minimum Gasteiger partial charge on any atom is -0.478 e. The summed E-state index contributed by atoms with van der Waals surface area (Å²) in [5.41, 5.74) is 4.80. The molecule has 7 nitrogen and oxygen atoms in total. The Labute approximate surface area is 222 Å². The highest BCUT2D eigenvalue weighted by Gasteiger charge is 2.27. The second-order valence-corrected chi connectivity index (χ2v) is 9.66. The highest BCUT2D eigenvalue weighted by atomic mass is 16.7. The number of carboxylic acids is 1. The van der Waals surface area contributed by atoms with Gasteiger partial charge >= 0.3 is 11.7 Å². The summed E-state index contributed by atoms with van der Waals surface area (Å²) in [6.45, 7) is 4.68. The number of aromatic carboxylic acids is 1. The third kappa shape index (κ3) is 5.64. The molecule has 0 saturated carbocycles. The number of methoxy groups -OCH3 is 2. The van der Waals surface area contributed by atoms with Crippen LogP contribution in [0.25, 0.3) is 16.8 Å². The predicted molar refractivity (Wildman–Crippen MR) is 148 cm³/mol. The maximum Gasteiger partial charge on any atom is 0.336 e. The van der Waals surface area contributed by atoms with Crippen LogP contribution in [0.4, 0.5) is 0 Å². The maximum absolute atomic E-state index is 14.0. The average Bonchev–Trinajstić information content (AvgIpc) is 3.19. The van der Waals surface area contributed by atoms with Crippen molar-refractivity contribution >= 4 is 5.97 Å². The molecule has 0 spiro atoms. The van der Waals surface area contributed by atoms with Crippen LogP contribution < -0.4 is 5.69 Å². The lowest BCUT2D eigenvalue weighted by molar-refractivity contribution is -0.110. The molecule has 0 unspecified atom stereocenters. The molecule has 0 aliphatic heterocycles. The Morgan fingerprint density at radius 1 is 0.895 bits per heavy atom. The van der Waals surface area contributed by atoms with Gasteiger partial charge in [-0.15, -0.1) is 0 Å². The molecule has 4 aromatic rings. The molecular formula is C31H34N2O5.